The van der Waals surface area contributed by atoms with Crippen molar-refractivity contribution in [2.75, 3.05) is 24.5 Å². The molecular weight excluding hydrogens is 436 g/mol. The largest absolute Gasteiger partial charge is 0.363 e. The zero-order chi connectivity index (χ0) is 23.8. The second-order valence-corrected chi connectivity index (χ2v) is 9.52. The Morgan fingerprint density at radius 1 is 1.26 bits per heavy atom. The number of carbonyl (C=O) groups excluding carboxylic acids is 1. The van der Waals surface area contributed by atoms with E-state index in [2.05, 4.69) is 15.6 Å². The molecule has 3 atom stereocenters. The van der Waals surface area contributed by atoms with E-state index in [9.17, 15) is 4.79 Å². The molecule has 34 heavy (non-hydrogen) atoms. The van der Waals surface area contributed by atoms with Crippen molar-refractivity contribution in [3.05, 3.63) is 59.4 Å². The molecule has 3 fully saturated rings. The van der Waals surface area contributed by atoms with Crippen LogP contribution in [0, 0.1) is 11.6 Å². The highest BCUT2D eigenvalue weighted by Gasteiger charge is 2.33. The molecule has 3 saturated heterocycles. The Labute approximate surface area is 198 Å². The van der Waals surface area contributed by atoms with Gasteiger partial charge in [-0.25, -0.2) is 13.8 Å². The van der Waals surface area contributed by atoms with Crippen LogP contribution in [-0.2, 0) is 6.54 Å². The van der Waals surface area contributed by atoms with Gasteiger partial charge in [-0.1, -0.05) is 6.92 Å². The number of carbonyl (C=O) groups is 1. The molecule has 8 heteroatoms. The lowest BCUT2D eigenvalue weighted by Crippen LogP contribution is -2.54. The van der Waals surface area contributed by atoms with Crippen molar-refractivity contribution in [1.29, 1.82) is 0 Å². The minimum atomic E-state index is -0.435. The first kappa shape index (κ1) is 22.8. The van der Waals surface area contributed by atoms with Crippen LogP contribution in [0.2, 0.25) is 0 Å². The number of hydrogen-bond donors (Lipinski definition) is 2. The normalized spacial score (nSPS) is 21.0. The molecule has 3 aromatic rings. The summed E-state index contributed by atoms with van der Waals surface area (Å²) in [5, 5.41) is 7.23. The van der Waals surface area contributed by atoms with E-state index in [0.29, 0.717) is 23.8 Å². The number of piperazine rings is 1. The van der Waals surface area contributed by atoms with Gasteiger partial charge in [-0.05, 0) is 49.9 Å². The van der Waals surface area contributed by atoms with Crippen LogP contribution >= 0.6 is 0 Å². The quantitative estimate of drug-likeness (QED) is 0.571. The standard InChI is InChI=1S/C26H31F2N5O/c1-3-32-8-7-17-9-18(13-30-25(17)32)26(34)31-12-16(2)21-10-23(28)24(11-22(21)27)33-15-19-5-4-6-20(33)14-29-19/h7-11,13,16,19-20,29H,3-6,12,14-15H2,1-2H3,(H,31,34)/t16-,19?,20?/m1/s1. The van der Waals surface area contributed by atoms with Crippen molar-refractivity contribution in [1.82, 2.24) is 20.2 Å². The maximum Gasteiger partial charge on any atom is 0.252 e. The Morgan fingerprint density at radius 3 is 2.94 bits per heavy atom. The van der Waals surface area contributed by atoms with Crippen molar-refractivity contribution in [2.24, 2.45) is 0 Å². The number of nitrogens with one attached hydrogen (secondary N) is 2. The number of halogens is 2. The number of hydrogen-bond acceptors (Lipinski definition) is 4. The van der Waals surface area contributed by atoms with E-state index in [4.69, 9.17) is 0 Å². The van der Waals surface area contributed by atoms with Crippen LogP contribution in [0.5, 0.6) is 0 Å². The first-order chi connectivity index (χ1) is 16.4. The molecule has 2 unspecified atom stereocenters. The van der Waals surface area contributed by atoms with Gasteiger partial charge >= 0.3 is 0 Å². The molecule has 0 radical (unpaired) electrons. The van der Waals surface area contributed by atoms with E-state index in [1.165, 1.54) is 12.1 Å². The number of rotatable bonds is 6. The number of nitrogens with zero attached hydrogens (tertiary/aromatic N) is 3. The highest BCUT2D eigenvalue weighted by atomic mass is 19.1. The molecule has 2 N–H and O–H groups in total. The number of fused-ring (bicyclic) bond motifs is 5. The van der Waals surface area contributed by atoms with E-state index in [-0.39, 0.29) is 30.0 Å². The molecule has 180 valence electrons. The molecule has 3 aliphatic rings. The topological polar surface area (TPSA) is 62.2 Å². The van der Waals surface area contributed by atoms with Gasteiger partial charge in [-0.2, -0.15) is 0 Å². The summed E-state index contributed by atoms with van der Waals surface area (Å²) >= 11 is 0. The Bertz CT molecular complexity index is 1210. The van der Waals surface area contributed by atoms with Gasteiger partial charge in [0, 0.05) is 68.0 Å². The molecule has 0 aliphatic carbocycles. The maximum atomic E-state index is 15.1. The SMILES string of the molecule is CCn1ccc2cc(C(=O)NC[C@@H](C)c3cc(F)c(N4CC5CCCC4CN5)cc3F)cnc21. The number of amides is 1. The molecule has 2 aromatic heterocycles. The van der Waals surface area contributed by atoms with E-state index in [0.717, 1.165) is 43.4 Å². The first-order valence-corrected chi connectivity index (χ1v) is 12.2. The summed E-state index contributed by atoms with van der Waals surface area (Å²) in [6, 6.07) is 6.87. The monoisotopic (exact) mass is 467 g/mol. The fourth-order valence-corrected chi connectivity index (χ4v) is 5.27. The summed E-state index contributed by atoms with van der Waals surface area (Å²) in [6.07, 6.45) is 6.64. The predicted molar refractivity (Wildman–Crippen MR) is 129 cm³/mol. The third-order valence-corrected chi connectivity index (χ3v) is 7.27. The Kier molecular flexibility index (Phi) is 6.25. The Balaban J connectivity index is 1.28. The molecule has 5 heterocycles. The molecule has 3 aliphatic heterocycles. The van der Waals surface area contributed by atoms with E-state index in [1.54, 1.807) is 19.2 Å². The molecule has 6 nitrogen and oxygen atoms in total. The Morgan fingerprint density at radius 2 is 2.12 bits per heavy atom. The van der Waals surface area contributed by atoms with Crippen molar-refractivity contribution < 1.29 is 13.6 Å². The summed E-state index contributed by atoms with van der Waals surface area (Å²) < 4.78 is 32.3. The van der Waals surface area contributed by atoms with Gasteiger partial charge < -0.3 is 20.1 Å². The van der Waals surface area contributed by atoms with Gasteiger partial charge in [0.1, 0.15) is 17.3 Å². The summed E-state index contributed by atoms with van der Waals surface area (Å²) in [5.74, 6) is -1.50. The van der Waals surface area contributed by atoms with E-state index < -0.39 is 11.6 Å². The van der Waals surface area contributed by atoms with Gasteiger partial charge in [0.25, 0.3) is 5.91 Å². The number of pyridine rings is 1. The molecule has 1 aromatic carbocycles. The lowest BCUT2D eigenvalue weighted by Gasteiger charge is -2.39. The number of aromatic nitrogens is 2. The smallest absolute Gasteiger partial charge is 0.252 e. The lowest BCUT2D eigenvalue weighted by molar-refractivity contribution is 0.0951. The Hall–Kier alpha value is -3.00. The van der Waals surface area contributed by atoms with Crippen LogP contribution in [0.4, 0.5) is 14.5 Å². The summed E-state index contributed by atoms with van der Waals surface area (Å²) in [5.41, 5.74) is 1.89. The van der Waals surface area contributed by atoms with Gasteiger partial charge in [-0.3, -0.25) is 4.79 Å². The van der Waals surface area contributed by atoms with E-state index in [1.807, 2.05) is 28.7 Å². The maximum absolute atomic E-state index is 15.1. The fraction of sp³-hybridized carbons (Fsp3) is 0.462. The van der Waals surface area contributed by atoms with Crippen LogP contribution in [0.1, 0.15) is 54.9 Å². The molecule has 6 rings (SSSR count). The van der Waals surface area contributed by atoms with Gasteiger partial charge in [0.05, 0.1) is 11.3 Å². The van der Waals surface area contributed by atoms with Crippen molar-refractivity contribution in [3.8, 4) is 0 Å². The van der Waals surface area contributed by atoms with Gasteiger partial charge in [0.2, 0.25) is 0 Å². The number of aryl methyl sites for hydroxylation is 1. The van der Waals surface area contributed by atoms with Crippen molar-refractivity contribution in [2.45, 2.75) is 57.7 Å². The molecule has 2 bridgehead atoms. The molecule has 0 spiro atoms. The van der Waals surface area contributed by atoms with Crippen LogP contribution in [0.25, 0.3) is 11.0 Å². The van der Waals surface area contributed by atoms with Crippen LogP contribution < -0.4 is 15.5 Å². The third-order valence-electron chi connectivity index (χ3n) is 7.27. The second kappa shape index (κ2) is 9.33. The minimum absolute atomic E-state index is 0.190. The zero-order valence-electron chi connectivity index (χ0n) is 19.7. The molecule has 1 amide bonds. The summed E-state index contributed by atoms with van der Waals surface area (Å²) in [4.78, 5) is 19.1. The van der Waals surface area contributed by atoms with Crippen LogP contribution in [-0.4, -0.2) is 47.2 Å². The molecule has 0 saturated carbocycles. The third kappa shape index (κ3) is 4.27. The average molecular weight is 468 g/mol. The van der Waals surface area contributed by atoms with Gasteiger partial charge in [-0.15, -0.1) is 0 Å². The van der Waals surface area contributed by atoms with Crippen LogP contribution in [0.15, 0.2) is 36.7 Å². The minimum Gasteiger partial charge on any atom is -0.363 e. The summed E-state index contributed by atoms with van der Waals surface area (Å²) in [6.45, 7) is 6.33. The molecular formula is C26H31F2N5O. The number of anilines is 1. The number of benzene rings is 1. The zero-order valence-corrected chi connectivity index (χ0v) is 19.7. The second-order valence-electron chi connectivity index (χ2n) is 9.52. The fourth-order valence-electron chi connectivity index (χ4n) is 5.27. The summed E-state index contributed by atoms with van der Waals surface area (Å²) in [7, 11) is 0. The van der Waals surface area contributed by atoms with Crippen LogP contribution in [0.3, 0.4) is 0 Å². The van der Waals surface area contributed by atoms with Crippen molar-refractivity contribution >= 4 is 22.6 Å². The highest BCUT2D eigenvalue weighted by Crippen LogP contribution is 2.32. The van der Waals surface area contributed by atoms with E-state index >= 15 is 8.78 Å². The predicted octanol–water partition coefficient (Wildman–Crippen LogP) is 4.20. The average Bonchev–Trinajstić information content (AvgIpc) is 2.98. The lowest BCUT2D eigenvalue weighted by atomic mass is 9.98. The first-order valence-electron chi connectivity index (χ1n) is 12.2. The highest BCUT2D eigenvalue weighted by molar-refractivity contribution is 5.97. The van der Waals surface area contributed by atoms with Gasteiger partial charge in [0.15, 0.2) is 0 Å². The van der Waals surface area contributed by atoms with Crippen molar-refractivity contribution in [3.63, 3.8) is 0 Å².